The summed E-state index contributed by atoms with van der Waals surface area (Å²) in [6.07, 6.45) is 13.3. The Morgan fingerprint density at radius 3 is 2.44 bits per heavy atom. The quantitative estimate of drug-likeness (QED) is 0.182. The molecule has 50 heavy (non-hydrogen) atoms. The average Bonchev–Trinajstić information content (AvgIpc) is 3.81. The number of fused-ring (bicyclic) bond motifs is 5. The molecule has 4 aliphatic heterocycles. The minimum Gasteiger partial charge on any atom is -0.461 e. The summed E-state index contributed by atoms with van der Waals surface area (Å²) in [6, 6.07) is 20.5. The molecule has 2 aromatic heterocycles. The van der Waals surface area contributed by atoms with Gasteiger partial charge in [0.15, 0.2) is 5.82 Å². The van der Waals surface area contributed by atoms with Crippen molar-refractivity contribution in [3.8, 4) is 35.4 Å². The second-order valence-corrected chi connectivity index (χ2v) is 14.0. The van der Waals surface area contributed by atoms with Gasteiger partial charge in [-0.05, 0) is 75.2 Å². The molecule has 9 rings (SSSR count). The Labute approximate surface area is 290 Å². The number of hydrogen-bond donors (Lipinski definition) is 0. The minimum atomic E-state index is -0.551. The number of halogens is 1. The molecule has 9 nitrogen and oxygen atoms in total. The van der Waals surface area contributed by atoms with Crippen LogP contribution < -0.4 is 14.4 Å². The monoisotopic (exact) mass is 668 g/mol. The van der Waals surface area contributed by atoms with Gasteiger partial charge in [0.2, 0.25) is 0 Å². The summed E-state index contributed by atoms with van der Waals surface area (Å²) < 4.78 is 29.2. The van der Waals surface area contributed by atoms with Gasteiger partial charge in [0.1, 0.15) is 29.4 Å². The van der Waals surface area contributed by atoms with E-state index in [1.165, 1.54) is 0 Å². The zero-order valence-electron chi connectivity index (χ0n) is 27.7. The number of hydrogen-bond acceptors (Lipinski definition) is 8. The van der Waals surface area contributed by atoms with Gasteiger partial charge < -0.3 is 14.4 Å². The Kier molecular flexibility index (Phi) is 7.54. The predicted molar refractivity (Wildman–Crippen MR) is 190 cm³/mol. The van der Waals surface area contributed by atoms with Crippen molar-refractivity contribution in [1.29, 1.82) is 0 Å². The van der Waals surface area contributed by atoms with Crippen LogP contribution in [0, 0.1) is 18.2 Å². The van der Waals surface area contributed by atoms with Crippen LogP contribution in [0.15, 0.2) is 72.9 Å². The van der Waals surface area contributed by atoms with E-state index in [-0.39, 0.29) is 40.9 Å². The largest absolute Gasteiger partial charge is 0.461 e. The van der Waals surface area contributed by atoms with Gasteiger partial charge in [-0.25, -0.2) is 9.18 Å². The molecule has 1 amide bonds. The van der Waals surface area contributed by atoms with Gasteiger partial charge >= 0.3 is 12.1 Å². The lowest BCUT2D eigenvalue weighted by Gasteiger charge is -2.41. The van der Waals surface area contributed by atoms with Gasteiger partial charge in [-0.15, -0.1) is 6.42 Å². The van der Waals surface area contributed by atoms with E-state index in [2.05, 4.69) is 15.7 Å². The van der Waals surface area contributed by atoms with Crippen molar-refractivity contribution >= 4 is 33.6 Å². The summed E-state index contributed by atoms with van der Waals surface area (Å²) >= 11 is 0. The van der Waals surface area contributed by atoms with Gasteiger partial charge in [0, 0.05) is 35.8 Å². The number of piperazine rings is 1. The Bertz CT molecular complexity index is 2140. The predicted octanol–water partition coefficient (Wildman–Crippen LogP) is 6.82. The molecule has 0 N–H and O–H groups in total. The molecule has 3 aromatic carbocycles. The van der Waals surface area contributed by atoms with Crippen LogP contribution in [0.2, 0.25) is 0 Å². The second-order valence-electron chi connectivity index (χ2n) is 14.0. The van der Waals surface area contributed by atoms with E-state index >= 15 is 4.39 Å². The number of anilines is 1. The van der Waals surface area contributed by atoms with Crippen molar-refractivity contribution in [2.24, 2.45) is 0 Å². The minimum absolute atomic E-state index is 0.0289. The lowest BCUT2D eigenvalue weighted by atomic mass is 9.95. The molecule has 0 radical (unpaired) electrons. The smallest absolute Gasteiger partial charge is 0.415 e. The third kappa shape index (κ3) is 5.11. The Hall–Kier alpha value is -5.27. The molecular formula is C40H37FN6O3. The maximum atomic E-state index is 17.0. The highest BCUT2D eigenvalue weighted by Gasteiger charge is 2.46. The van der Waals surface area contributed by atoms with Crippen LogP contribution in [-0.4, -0.2) is 81.3 Å². The van der Waals surface area contributed by atoms with E-state index in [1.54, 1.807) is 18.3 Å². The van der Waals surface area contributed by atoms with Crippen molar-refractivity contribution in [3.05, 3.63) is 84.3 Å². The maximum absolute atomic E-state index is 17.0. The molecule has 0 saturated carbocycles. The molecule has 4 saturated heterocycles. The van der Waals surface area contributed by atoms with E-state index in [4.69, 9.17) is 30.8 Å². The Morgan fingerprint density at radius 1 is 0.960 bits per heavy atom. The van der Waals surface area contributed by atoms with Gasteiger partial charge in [-0.2, -0.15) is 9.97 Å². The third-order valence-corrected chi connectivity index (χ3v) is 11.2. The van der Waals surface area contributed by atoms with Crippen LogP contribution in [0.25, 0.3) is 32.9 Å². The van der Waals surface area contributed by atoms with Crippen molar-refractivity contribution < 1.29 is 18.7 Å². The number of amides is 1. The first-order valence-electron chi connectivity index (χ1n) is 17.5. The first kappa shape index (κ1) is 30.8. The summed E-state index contributed by atoms with van der Waals surface area (Å²) in [6.45, 7) is 3.63. The molecule has 2 atom stereocenters. The van der Waals surface area contributed by atoms with Crippen LogP contribution in [0.1, 0.15) is 44.1 Å². The summed E-state index contributed by atoms with van der Waals surface area (Å²) in [5.74, 6) is 3.28. The van der Waals surface area contributed by atoms with E-state index < -0.39 is 5.82 Å². The Balaban J connectivity index is 1.10. The number of terminal acetylenes is 1. The van der Waals surface area contributed by atoms with Crippen molar-refractivity contribution in [1.82, 2.24) is 24.8 Å². The van der Waals surface area contributed by atoms with Gasteiger partial charge in [-0.1, -0.05) is 54.5 Å². The van der Waals surface area contributed by atoms with E-state index in [0.29, 0.717) is 47.8 Å². The van der Waals surface area contributed by atoms with E-state index in [0.717, 1.165) is 62.4 Å². The normalized spacial score (nSPS) is 21.0. The van der Waals surface area contributed by atoms with Crippen LogP contribution in [0.5, 0.6) is 11.8 Å². The molecule has 0 aliphatic carbocycles. The number of carbonyl (C=O) groups excluding carboxylic acids is 1. The fourth-order valence-electron chi connectivity index (χ4n) is 8.85. The van der Waals surface area contributed by atoms with Crippen molar-refractivity contribution in [2.45, 2.75) is 56.1 Å². The summed E-state index contributed by atoms with van der Waals surface area (Å²) in [7, 11) is 0. The maximum Gasteiger partial charge on any atom is 0.415 e. The number of pyridine rings is 1. The van der Waals surface area contributed by atoms with Crippen molar-refractivity contribution in [3.63, 3.8) is 0 Å². The summed E-state index contributed by atoms with van der Waals surface area (Å²) in [4.78, 5) is 34.3. The van der Waals surface area contributed by atoms with Crippen LogP contribution in [0.3, 0.4) is 0 Å². The van der Waals surface area contributed by atoms with Crippen LogP contribution >= 0.6 is 0 Å². The molecule has 10 heteroatoms. The van der Waals surface area contributed by atoms with E-state index in [9.17, 15) is 4.79 Å². The average molecular weight is 669 g/mol. The standard InChI is InChI=1S/C40H37FN6O3/c1-2-26-10-6-11-27-12-7-15-31(33(26)27)35-34(41)36-32(22-42-35)37(44-38(43-36)49-25-40-18-8-20-46(40)21-9-19-40)45-23-28-16-17-29(24-45)47(28)39(48)50-30-13-4-3-5-14-30/h1,3-7,10-15,22,28-29H,8-9,16-21,23-25H2. The molecule has 252 valence electrons. The lowest BCUT2D eigenvalue weighted by molar-refractivity contribution is 0.107. The summed E-state index contributed by atoms with van der Waals surface area (Å²) in [5, 5.41) is 2.17. The number of benzene rings is 3. The number of ether oxygens (including phenoxy) is 2. The molecule has 4 aliphatic rings. The molecule has 0 spiro atoms. The first-order valence-corrected chi connectivity index (χ1v) is 17.5. The molecule has 4 fully saturated rings. The lowest BCUT2D eigenvalue weighted by Crippen LogP contribution is -2.56. The van der Waals surface area contributed by atoms with Crippen LogP contribution in [-0.2, 0) is 0 Å². The fourth-order valence-corrected chi connectivity index (χ4v) is 8.85. The third-order valence-electron chi connectivity index (χ3n) is 11.2. The number of carbonyl (C=O) groups is 1. The molecule has 6 heterocycles. The van der Waals surface area contributed by atoms with Gasteiger partial charge in [0.05, 0.1) is 23.0 Å². The Morgan fingerprint density at radius 2 is 1.70 bits per heavy atom. The summed E-state index contributed by atoms with van der Waals surface area (Å²) in [5.41, 5.74) is 1.57. The highest BCUT2D eigenvalue weighted by atomic mass is 19.1. The molecular weight excluding hydrogens is 631 g/mol. The molecule has 2 unspecified atom stereocenters. The highest BCUT2D eigenvalue weighted by molar-refractivity contribution is 6.02. The first-order chi connectivity index (χ1) is 24.5. The second kappa shape index (κ2) is 12.3. The topological polar surface area (TPSA) is 83.9 Å². The zero-order valence-corrected chi connectivity index (χ0v) is 27.7. The van der Waals surface area contributed by atoms with E-state index in [1.807, 2.05) is 59.5 Å². The number of aromatic nitrogens is 3. The van der Waals surface area contributed by atoms with Gasteiger partial charge in [-0.3, -0.25) is 14.8 Å². The number of rotatable bonds is 6. The highest BCUT2D eigenvalue weighted by Crippen LogP contribution is 2.41. The SMILES string of the molecule is C#Cc1cccc2cccc(-c3ncc4c(N5CC6CCC(C5)N6C(=O)Oc5ccccc5)nc(OCC56CCCN5CCC6)nc4c3F)c12. The van der Waals surface area contributed by atoms with Crippen LogP contribution in [0.4, 0.5) is 15.0 Å². The number of nitrogens with zero attached hydrogens (tertiary/aromatic N) is 6. The van der Waals surface area contributed by atoms with Gasteiger partial charge in [0.25, 0.3) is 0 Å². The molecule has 2 bridgehead atoms. The van der Waals surface area contributed by atoms with Crippen molar-refractivity contribution in [2.75, 3.05) is 37.7 Å². The zero-order chi connectivity index (χ0) is 33.8. The molecule has 5 aromatic rings. The fraction of sp³-hybridized carbons (Fsp3) is 0.350. The number of para-hydroxylation sites is 1.